The molecule has 0 spiro atoms. The highest BCUT2D eigenvalue weighted by atomic mass is 16.5. The Labute approximate surface area is 123 Å². The molecule has 1 aromatic heterocycles. The average Bonchev–Trinajstić information content (AvgIpc) is 2.53. The van der Waals surface area contributed by atoms with Crippen LogP contribution in [0.1, 0.15) is 11.1 Å². The van der Waals surface area contributed by atoms with Crippen molar-refractivity contribution in [2.24, 2.45) is 0 Å². The number of aromatic nitrogens is 2. The minimum Gasteiger partial charge on any atom is -0.496 e. The molecule has 3 aromatic rings. The second-order valence-corrected chi connectivity index (χ2v) is 4.91. The molecule has 0 atom stereocenters. The number of hydrogen-bond donors (Lipinski definition) is 1. The Morgan fingerprint density at radius 1 is 1.10 bits per heavy atom. The van der Waals surface area contributed by atoms with E-state index in [1.807, 2.05) is 30.3 Å². The smallest absolute Gasteiger partial charge is 0.137 e. The number of ether oxygens (including phenoxy) is 1. The fraction of sp³-hybridized carbons (Fsp3) is 0.176. The Morgan fingerprint density at radius 2 is 1.95 bits per heavy atom. The van der Waals surface area contributed by atoms with Gasteiger partial charge in [0.25, 0.3) is 0 Å². The van der Waals surface area contributed by atoms with Crippen molar-refractivity contribution in [1.82, 2.24) is 9.97 Å². The summed E-state index contributed by atoms with van der Waals surface area (Å²) in [6.45, 7) is 2.71. The van der Waals surface area contributed by atoms with Gasteiger partial charge < -0.3 is 10.1 Å². The summed E-state index contributed by atoms with van der Waals surface area (Å²) in [6.07, 6.45) is 1.58. The lowest BCUT2D eigenvalue weighted by Crippen LogP contribution is -2.04. The molecule has 0 saturated carbocycles. The quantitative estimate of drug-likeness (QED) is 0.793. The number of rotatable bonds is 4. The van der Waals surface area contributed by atoms with E-state index >= 15 is 0 Å². The maximum Gasteiger partial charge on any atom is 0.137 e. The standard InChI is InChI=1S/C17H17N3O/c1-12-7-8-13(16(9-12)21-2)10-18-17-14-5-3-4-6-15(14)19-11-20-17/h3-9,11H,10H2,1-2H3,(H,18,19,20). The van der Waals surface area contributed by atoms with Crippen LogP contribution < -0.4 is 10.1 Å². The van der Waals surface area contributed by atoms with Crippen molar-refractivity contribution < 1.29 is 4.74 Å². The van der Waals surface area contributed by atoms with Crippen molar-refractivity contribution >= 4 is 16.7 Å². The van der Waals surface area contributed by atoms with Gasteiger partial charge in [0.15, 0.2) is 0 Å². The minimum atomic E-state index is 0.657. The van der Waals surface area contributed by atoms with E-state index in [1.54, 1.807) is 13.4 Å². The highest BCUT2D eigenvalue weighted by molar-refractivity contribution is 5.88. The molecule has 0 amide bonds. The van der Waals surface area contributed by atoms with Crippen LogP contribution in [-0.2, 0) is 6.54 Å². The van der Waals surface area contributed by atoms with Gasteiger partial charge in [-0.25, -0.2) is 9.97 Å². The number of fused-ring (bicyclic) bond motifs is 1. The van der Waals surface area contributed by atoms with Crippen LogP contribution in [0.25, 0.3) is 10.9 Å². The van der Waals surface area contributed by atoms with E-state index in [-0.39, 0.29) is 0 Å². The fourth-order valence-electron chi connectivity index (χ4n) is 2.32. The number of aryl methyl sites for hydroxylation is 1. The number of benzene rings is 2. The van der Waals surface area contributed by atoms with Crippen LogP contribution in [0.15, 0.2) is 48.8 Å². The van der Waals surface area contributed by atoms with Crippen LogP contribution >= 0.6 is 0 Å². The molecule has 0 radical (unpaired) electrons. The first-order valence-electron chi connectivity index (χ1n) is 6.85. The molecule has 0 aliphatic heterocycles. The Hall–Kier alpha value is -2.62. The Bertz CT molecular complexity index is 766. The summed E-state index contributed by atoms with van der Waals surface area (Å²) in [6, 6.07) is 14.2. The molecule has 0 unspecified atom stereocenters. The zero-order chi connectivity index (χ0) is 14.7. The van der Waals surface area contributed by atoms with Gasteiger partial charge in [-0.1, -0.05) is 24.3 Å². The third-order valence-corrected chi connectivity index (χ3v) is 3.43. The van der Waals surface area contributed by atoms with Crippen molar-refractivity contribution in [3.8, 4) is 5.75 Å². The van der Waals surface area contributed by atoms with Crippen molar-refractivity contribution in [3.05, 3.63) is 59.9 Å². The molecule has 3 rings (SSSR count). The van der Waals surface area contributed by atoms with Crippen molar-refractivity contribution in [2.75, 3.05) is 12.4 Å². The van der Waals surface area contributed by atoms with Gasteiger partial charge in [0.1, 0.15) is 17.9 Å². The van der Waals surface area contributed by atoms with E-state index in [0.29, 0.717) is 6.54 Å². The number of nitrogens with zero attached hydrogens (tertiary/aromatic N) is 2. The first kappa shape index (κ1) is 13.4. The predicted molar refractivity (Wildman–Crippen MR) is 84.6 cm³/mol. The van der Waals surface area contributed by atoms with E-state index in [2.05, 4.69) is 34.3 Å². The lowest BCUT2D eigenvalue weighted by Gasteiger charge is -2.12. The van der Waals surface area contributed by atoms with Gasteiger partial charge in [-0.3, -0.25) is 0 Å². The molecule has 21 heavy (non-hydrogen) atoms. The predicted octanol–water partition coefficient (Wildman–Crippen LogP) is 3.56. The van der Waals surface area contributed by atoms with Crippen LogP contribution in [0.2, 0.25) is 0 Å². The summed E-state index contributed by atoms with van der Waals surface area (Å²) in [5, 5.41) is 4.39. The molecular formula is C17H17N3O. The molecule has 4 heteroatoms. The lowest BCUT2D eigenvalue weighted by atomic mass is 10.1. The number of para-hydroxylation sites is 1. The molecule has 4 nitrogen and oxygen atoms in total. The topological polar surface area (TPSA) is 47.0 Å². The average molecular weight is 279 g/mol. The molecule has 1 N–H and O–H groups in total. The molecule has 1 heterocycles. The zero-order valence-corrected chi connectivity index (χ0v) is 12.1. The van der Waals surface area contributed by atoms with Gasteiger partial charge in [0.2, 0.25) is 0 Å². The molecule has 0 fully saturated rings. The monoisotopic (exact) mass is 279 g/mol. The van der Waals surface area contributed by atoms with Crippen LogP contribution in [0.5, 0.6) is 5.75 Å². The third kappa shape index (κ3) is 2.79. The number of anilines is 1. The maximum atomic E-state index is 5.43. The minimum absolute atomic E-state index is 0.657. The lowest BCUT2D eigenvalue weighted by molar-refractivity contribution is 0.410. The number of nitrogens with one attached hydrogen (secondary N) is 1. The summed E-state index contributed by atoms with van der Waals surface area (Å²) in [4.78, 5) is 8.60. The van der Waals surface area contributed by atoms with E-state index in [0.717, 1.165) is 28.0 Å². The first-order chi connectivity index (χ1) is 10.3. The Kier molecular flexibility index (Phi) is 3.69. The molecule has 2 aromatic carbocycles. The number of hydrogen-bond acceptors (Lipinski definition) is 4. The van der Waals surface area contributed by atoms with E-state index in [9.17, 15) is 0 Å². The first-order valence-corrected chi connectivity index (χ1v) is 6.85. The summed E-state index contributed by atoms with van der Waals surface area (Å²) < 4.78 is 5.43. The van der Waals surface area contributed by atoms with E-state index < -0.39 is 0 Å². The van der Waals surface area contributed by atoms with Crippen LogP contribution in [0.4, 0.5) is 5.82 Å². The maximum absolute atomic E-state index is 5.43. The van der Waals surface area contributed by atoms with Crippen molar-refractivity contribution in [2.45, 2.75) is 13.5 Å². The van der Waals surface area contributed by atoms with Gasteiger partial charge >= 0.3 is 0 Å². The largest absolute Gasteiger partial charge is 0.496 e. The Morgan fingerprint density at radius 3 is 2.81 bits per heavy atom. The molecule has 0 aliphatic carbocycles. The summed E-state index contributed by atoms with van der Waals surface area (Å²) >= 11 is 0. The van der Waals surface area contributed by atoms with E-state index in [4.69, 9.17) is 4.74 Å². The van der Waals surface area contributed by atoms with E-state index in [1.165, 1.54) is 5.56 Å². The van der Waals surface area contributed by atoms with Gasteiger partial charge in [0.05, 0.1) is 12.6 Å². The summed E-state index contributed by atoms with van der Waals surface area (Å²) in [5.41, 5.74) is 3.22. The Balaban J connectivity index is 1.87. The zero-order valence-electron chi connectivity index (χ0n) is 12.1. The van der Waals surface area contributed by atoms with Crippen LogP contribution in [-0.4, -0.2) is 17.1 Å². The molecular weight excluding hydrogens is 262 g/mol. The SMILES string of the molecule is COc1cc(C)ccc1CNc1ncnc2ccccc12. The third-order valence-electron chi connectivity index (χ3n) is 3.43. The molecule has 0 bridgehead atoms. The van der Waals surface area contributed by atoms with Crippen molar-refractivity contribution in [3.63, 3.8) is 0 Å². The van der Waals surface area contributed by atoms with Gasteiger partial charge in [-0.2, -0.15) is 0 Å². The van der Waals surface area contributed by atoms with Gasteiger partial charge in [-0.15, -0.1) is 0 Å². The summed E-state index contributed by atoms with van der Waals surface area (Å²) in [5.74, 6) is 1.73. The fourth-order valence-corrected chi connectivity index (χ4v) is 2.32. The summed E-state index contributed by atoms with van der Waals surface area (Å²) in [7, 11) is 1.69. The van der Waals surface area contributed by atoms with Gasteiger partial charge in [0, 0.05) is 17.5 Å². The van der Waals surface area contributed by atoms with Gasteiger partial charge in [-0.05, 0) is 30.7 Å². The molecule has 106 valence electrons. The molecule has 0 aliphatic rings. The second kappa shape index (κ2) is 5.79. The normalized spacial score (nSPS) is 10.6. The van der Waals surface area contributed by atoms with Crippen molar-refractivity contribution in [1.29, 1.82) is 0 Å². The van der Waals surface area contributed by atoms with Crippen LogP contribution in [0.3, 0.4) is 0 Å². The highest BCUT2D eigenvalue weighted by Crippen LogP contribution is 2.23. The highest BCUT2D eigenvalue weighted by Gasteiger charge is 2.06. The second-order valence-electron chi connectivity index (χ2n) is 4.91. The van der Waals surface area contributed by atoms with Crippen LogP contribution in [0, 0.1) is 6.92 Å². The number of methoxy groups -OCH3 is 1. The molecule has 0 saturated heterocycles.